The molecule has 4 rings (SSSR count). The molecule has 0 fully saturated rings. The highest BCUT2D eigenvalue weighted by Crippen LogP contribution is 2.41. The lowest BCUT2D eigenvalue weighted by molar-refractivity contribution is -0.135. The summed E-state index contributed by atoms with van der Waals surface area (Å²) in [6.45, 7) is 1.93. The number of ether oxygens (including phenoxy) is 1. The quantitative estimate of drug-likeness (QED) is 0.409. The molecule has 2 N–H and O–H groups in total. The molecule has 0 spiro atoms. The Kier molecular flexibility index (Phi) is 3.84. The number of fused-ring (bicyclic) bond motifs is 2. The molecule has 1 heterocycles. The first-order valence-electron chi connectivity index (χ1n) is 8.35. The molecule has 0 aliphatic carbocycles. The fraction of sp³-hybridized carbons (Fsp3) is 0.143. The van der Waals surface area contributed by atoms with Crippen molar-refractivity contribution in [1.82, 2.24) is 0 Å². The highest BCUT2D eigenvalue weighted by molar-refractivity contribution is 6.03. The Morgan fingerprint density at radius 3 is 2.77 bits per heavy atom. The van der Waals surface area contributed by atoms with Gasteiger partial charge in [-0.25, -0.2) is 0 Å². The second kappa shape index (κ2) is 6.19. The van der Waals surface area contributed by atoms with Gasteiger partial charge in [0.2, 0.25) is 0 Å². The average Bonchev–Trinajstić information content (AvgIpc) is 2.61. The van der Waals surface area contributed by atoms with E-state index in [0.717, 1.165) is 16.3 Å². The molecule has 1 atom stereocenters. The summed E-state index contributed by atoms with van der Waals surface area (Å²) in [6.07, 6.45) is 1.84. The molecule has 3 aromatic carbocycles. The van der Waals surface area contributed by atoms with Crippen LogP contribution < -0.4 is 4.74 Å². The molecule has 0 aromatic heterocycles. The van der Waals surface area contributed by atoms with Crippen LogP contribution in [-0.2, 0) is 4.79 Å². The molecular weight excluding hydrogens is 330 g/mol. The Hall–Kier alpha value is -3.34. The third kappa shape index (κ3) is 2.77. The Bertz CT molecular complexity index is 1060. The second-order valence-electron chi connectivity index (χ2n) is 6.44. The minimum Gasteiger partial charge on any atom is -0.507 e. The van der Waals surface area contributed by atoms with Crippen molar-refractivity contribution in [2.24, 2.45) is 4.99 Å². The van der Waals surface area contributed by atoms with Crippen molar-refractivity contribution in [2.45, 2.75) is 19.3 Å². The number of hydrogen-bond donors (Lipinski definition) is 2. The number of carbonyl (C=O) groups excluding carboxylic acids is 1. The highest BCUT2D eigenvalue weighted by atomic mass is 16.5. The van der Waals surface area contributed by atoms with E-state index >= 15 is 0 Å². The van der Waals surface area contributed by atoms with E-state index in [1.54, 1.807) is 18.3 Å². The van der Waals surface area contributed by atoms with Crippen LogP contribution in [0.2, 0.25) is 0 Å². The van der Waals surface area contributed by atoms with Gasteiger partial charge in [-0.3, -0.25) is 9.79 Å². The van der Waals surface area contributed by atoms with E-state index in [9.17, 15) is 15.0 Å². The summed E-state index contributed by atoms with van der Waals surface area (Å²) in [4.78, 5) is 15.9. The molecule has 0 amide bonds. The number of aliphatic imine (C=N–C) groups is 1. The molecule has 0 saturated heterocycles. The monoisotopic (exact) mass is 347 g/mol. The van der Waals surface area contributed by atoms with Crippen molar-refractivity contribution >= 4 is 28.6 Å². The van der Waals surface area contributed by atoms with E-state index in [-0.39, 0.29) is 23.4 Å². The first-order chi connectivity index (χ1) is 12.5. The predicted octanol–water partition coefficient (Wildman–Crippen LogP) is 4.41. The minimum atomic E-state index is -0.304. The lowest BCUT2D eigenvalue weighted by Crippen LogP contribution is -2.18. The number of aromatic hydroxyl groups is 2. The largest absolute Gasteiger partial charge is 0.507 e. The van der Waals surface area contributed by atoms with Crippen LogP contribution in [0.3, 0.4) is 0 Å². The van der Waals surface area contributed by atoms with Crippen LogP contribution in [0, 0.1) is 0 Å². The Labute approximate surface area is 150 Å². The van der Waals surface area contributed by atoms with Gasteiger partial charge in [0, 0.05) is 23.4 Å². The van der Waals surface area contributed by atoms with Crippen LogP contribution in [-0.4, -0.2) is 22.4 Å². The van der Waals surface area contributed by atoms with Crippen LogP contribution in [0.25, 0.3) is 10.8 Å². The molecule has 0 saturated carbocycles. The van der Waals surface area contributed by atoms with Gasteiger partial charge in [-0.15, -0.1) is 0 Å². The van der Waals surface area contributed by atoms with Gasteiger partial charge in [0.15, 0.2) is 0 Å². The number of hydrogen-bond acceptors (Lipinski definition) is 5. The summed E-state index contributed by atoms with van der Waals surface area (Å²) in [5, 5.41) is 22.3. The number of phenolic OH excluding ortho intramolecular Hbond substituents is 2. The number of benzene rings is 3. The van der Waals surface area contributed by atoms with E-state index in [1.165, 1.54) is 6.07 Å². The first-order valence-corrected chi connectivity index (χ1v) is 8.35. The Morgan fingerprint density at radius 1 is 1.12 bits per heavy atom. The van der Waals surface area contributed by atoms with Crippen LogP contribution in [0.15, 0.2) is 53.5 Å². The summed E-state index contributed by atoms with van der Waals surface area (Å²) in [7, 11) is 0. The van der Waals surface area contributed by atoms with Gasteiger partial charge in [-0.2, -0.15) is 0 Å². The first kappa shape index (κ1) is 16.1. The molecule has 1 aliphatic rings. The average molecular weight is 347 g/mol. The van der Waals surface area contributed by atoms with Crippen molar-refractivity contribution in [3.8, 4) is 17.2 Å². The lowest BCUT2D eigenvalue weighted by Gasteiger charge is -2.21. The van der Waals surface area contributed by atoms with Crippen LogP contribution >= 0.6 is 0 Å². The molecule has 3 aromatic rings. The highest BCUT2D eigenvalue weighted by Gasteiger charge is 2.25. The molecule has 5 heteroatoms. The summed E-state index contributed by atoms with van der Waals surface area (Å²) >= 11 is 0. The van der Waals surface area contributed by atoms with Crippen LogP contribution in [0.1, 0.15) is 30.4 Å². The number of rotatable bonds is 2. The smallest absolute Gasteiger partial charge is 0.311 e. The fourth-order valence-electron chi connectivity index (χ4n) is 3.23. The summed E-state index contributed by atoms with van der Waals surface area (Å²) in [6, 6.07) is 14.3. The van der Waals surface area contributed by atoms with Crippen molar-refractivity contribution < 1.29 is 19.7 Å². The van der Waals surface area contributed by atoms with Crippen molar-refractivity contribution in [3.05, 3.63) is 59.7 Å². The van der Waals surface area contributed by atoms with Crippen LogP contribution in [0.5, 0.6) is 17.2 Å². The topological polar surface area (TPSA) is 79.1 Å². The summed E-state index contributed by atoms with van der Waals surface area (Å²) in [5.74, 6) is 0.0973. The van der Waals surface area contributed by atoms with Crippen molar-refractivity contribution in [2.75, 3.05) is 0 Å². The molecule has 1 unspecified atom stereocenters. The zero-order valence-electron chi connectivity index (χ0n) is 14.1. The molecule has 0 bridgehead atoms. The molecule has 0 radical (unpaired) electrons. The van der Waals surface area contributed by atoms with Gasteiger partial charge >= 0.3 is 5.97 Å². The molecule has 130 valence electrons. The van der Waals surface area contributed by atoms with Crippen molar-refractivity contribution in [3.63, 3.8) is 0 Å². The fourth-order valence-corrected chi connectivity index (χ4v) is 3.23. The third-order valence-corrected chi connectivity index (χ3v) is 4.61. The van der Waals surface area contributed by atoms with E-state index in [1.807, 2.05) is 37.3 Å². The van der Waals surface area contributed by atoms with Crippen LogP contribution in [0.4, 0.5) is 5.69 Å². The number of phenols is 2. The summed E-state index contributed by atoms with van der Waals surface area (Å²) in [5.41, 5.74) is 1.78. The van der Waals surface area contributed by atoms with E-state index in [2.05, 4.69) is 4.99 Å². The van der Waals surface area contributed by atoms with Gasteiger partial charge < -0.3 is 14.9 Å². The van der Waals surface area contributed by atoms with Gasteiger partial charge in [-0.05, 0) is 28.8 Å². The van der Waals surface area contributed by atoms with Gasteiger partial charge in [0.05, 0.1) is 6.42 Å². The third-order valence-electron chi connectivity index (χ3n) is 4.61. The SMILES string of the molecule is CC1CC(=O)Oc2cc(O)c(N=Cc3c(O)ccc4ccccc34)cc21. The zero-order valence-corrected chi connectivity index (χ0v) is 14.1. The standard InChI is InChI=1S/C21H17NO4/c1-12-8-21(25)26-20-10-19(24)17(9-15(12)20)22-11-16-14-5-3-2-4-13(14)6-7-18(16)23/h2-7,9-12,23-24H,8H2,1H3. The summed E-state index contributed by atoms with van der Waals surface area (Å²) < 4.78 is 5.19. The van der Waals surface area contributed by atoms with E-state index in [4.69, 9.17) is 4.74 Å². The van der Waals surface area contributed by atoms with Crippen molar-refractivity contribution in [1.29, 1.82) is 0 Å². The molecule has 26 heavy (non-hydrogen) atoms. The number of carbonyl (C=O) groups is 1. The second-order valence-corrected chi connectivity index (χ2v) is 6.44. The molecule has 1 aliphatic heterocycles. The van der Waals surface area contributed by atoms with Gasteiger partial charge in [-0.1, -0.05) is 37.3 Å². The maximum atomic E-state index is 11.5. The van der Waals surface area contributed by atoms with E-state index in [0.29, 0.717) is 23.4 Å². The van der Waals surface area contributed by atoms with E-state index < -0.39 is 0 Å². The van der Waals surface area contributed by atoms with Gasteiger partial charge in [0.1, 0.15) is 22.9 Å². The predicted molar refractivity (Wildman–Crippen MR) is 99.6 cm³/mol. The zero-order chi connectivity index (χ0) is 18.3. The Morgan fingerprint density at radius 2 is 1.92 bits per heavy atom. The minimum absolute atomic E-state index is 0.00763. The van der Waals surface area contributed by atoms with Gasteiger partial charge in [0.25, 0.3) is 0 Å². The molecule has 5 nitrogen and oxygen atoms in total. The normalized spacial score (nSPS) is 16.7. The number of esters is 1. The maximum Gasteiger partial charge on any atom is 0.311 e. The molecular formula is C21H17NO4. The lowest BCUT2D eigenvalue weighted by atomic mass is 9.94. The number of nitrogens with zero attached hydrogens (tertiary/aromatic N) is 1. The Balaban J connectivity index is 1.78. The maximum absolute atomic E-state index is 11.5.